The molecule has 3 heterocycles. The highest BCUT2D eigenvalue weighted by atomic mass is 16.5. The first-order valence-corrected chi connectivity index (χ1v) is 8.56. The van der Waals surface area contributed by atoms with Gasteiger partial charge in [0, 0.05) is 45.5 Å². The quantitative estimate of drug-likeness (QED) is 0.858. The molecule has 1 aromatic heterocycles. The van der Waals surface area contributed by atoms with Crippen LogP contribution in [-0.4, -0.2) is 54.8 Å². The first-order valence-electron chi connectivity index (χ1n) is 8.56. The highest BCUT2D eigenvalue weighted by molar-refractivity contribution is 5.46. The molecule has 0 aliphatic carbocycles. The maximum absolute atomic E-state index is 5.84. The Morgan fingerprint density at radius 3 is 2.73 bits per heavy atom. The first-order chi connectivity index (χ1) is 10.5. The lowest BCUT2D eigenvalue weighted by molar-refractivity contribution is -0.0769. The van der Waals surface area contributed by atoms with E-state index in [2.05, 4.69) is 41.6 Å². The lowest BCUT2D eigenvalue weighted by Crippen LogP contribution is -2.49. The van der Waals surface area contributed by atoms with E-state index in [9.17, 15) is 0 Å². The summed E-state index contributed by atoms with van der Waals surface area (Å²) in [5, 5.41) is 0. The number of aromatic nitrogens is 1. The summed E-state index contributed by atoms with van der Waals surface area (Å²) < 4.78 is 5.84. The molecule has 4 heteroatoms. The van der Waals surface area contributed by atoms with Gasteiger partial charge in [-0.25, -0.2) is 4.98 Å². The van der Waals surface area contributed by atoms with Crippen LogP contribution >= 0.6 is 0 Å². The number of rotatable bonds is 3. The molecule has 0 bridgehead atoms. The van der Waals surface area contributed by atoms with Gasteiger partial charge in [0.15, 0.2) is 0 Å². The Balaban J connectivity index is 1.51. The van der Waals surface area contributed by atoms with Gasteiger partial charge >= 0.3 is 0 Å². The van der Waals surface area contributed by atoms with E-state index in [0.29, 0.717) is 0 Å². The van der Waals surface area contributed by atoms with Crippen LogP contribution in [0.4, 0.5) is 5.82 Å². The van der Waals surface area contributed by atoms with Crippen LogP contribution < -0.4 is 4.90 Å². The standard InChI is InChI=1S/C18H29N3O/c1-15-5-4-7-19-17(15)21-10-8-20(9-11-21)14-16-6-12-22-18(2,3)13-16/h4-5,7,16H,6,8-14H2,1-3H3. The minimum Gasteiger partial charge on any atom is -0.376 e. The lowest BCUT2D eigenvalue weighted by Gasteiger charge is -2.41. The third kappa shape index (κ3) is 3.79. The average Bonchev–Trinajstić information content (AvgIpc) is 2.48. The van der Waals surface area contributed by atoms with Gasteiger partial charge in [0.1, 0.15) is 5.82 Å². The summed E-state index contributed by atoms with van der Waals surface area (Å²) in [7, 11) is 0. The molecule has 0 aromatic carbocycles. The number of hydrogen-bond acceptors (Lipinski definition) is 4. The highest BCUT2D eigenvalue weighted by Crippen LogP contribution is 2.29. The van der Waals surface area contributed by atoms with Crippen molar-refractivity contribution in [2.24, 2.45) is 5.92 Å². The van der Waals surface area contributed by atoms with E-state index in [-0.39, 0.29) is 5.60 Å². The van der Waals surface area contributed by atoms with Gasteiger partial charge in [-0.15, -0.1) is 0 Å². The van der Waals surface area contributed by atoms with E-state index in [1.54, 1.807) is 0 Å². The summed E-state index contributed by atoms with van der Waals surface area (Å²) in [6.07, 6.45) is 4.30. The molecule has 122 valence electrons. The molecule has 2 fully saturated rings. The van der Waals surface area contributed by atoms with Crippen LogP contribution in [0, 0.1) is 12.8 Å². The Kier molecular flexibility index (Phi) is 4.69. The molecule has 2 aliphatic rings. The molecular weight excluding hydrogens is 274 g/mol. The van der Waals surface area contributed by atoms with Gasteiger partial charge in [-0.3, -0.25) is 4.90 Å². The molecule has 0 amide bonds. The number of nitrogens with zero attached hydrogens (tertiary/aromatic N) is 3. The van der Waals surface area contributed by atoms with Gasteiger partial charge in [-0.2, -0.15) is 0 Å². The van der Waals surface area contributed by atoms with Crippen LogP contribution in [0.3, 0.4) is 0 Å². The van der Waals surface area contributed by atoms with E-state index in [1.165, 1.54) is 24.9 Å². The summed E-state index contributed by atoms with van der Waals surface area (Å²) in [4.78, 5) is 9.61. The summed E-state index contributed by atoms with van der Waals surface area (Å²) in [6, 6.07) is 4.17. The second-order valence-corrected chi connectivity index (χ2v) is 7.40. The lowest BCUT2D eigenvalue weighted by atomic mass is 9.88. The number of aryl methyl sites for hydroxylation is 1. The van der Waals surface area contributed by atoms with Crippen molar-refractivity contribution in [3.05, 3.63) is 23.9 Å². The number of pyridine rings is 1. The topological polar surface area (TPSA) is 28.6 Å². The van der Waals surface area contributed by atoms with Crippen molar-refractivity contribution in [3.63, 3.8) is 0 Å². The average molecular weight is 303 g/mol. The fourth-order valence-electron chi connectivity index (χ4n) is 3.83. The van der Waals surface area contributed by atoms with Crippen molar-refractivity contribution in [2.45, 2.75) is 39.2 Å². The molecule has 0 radical (unpaired) electrons. The van der Waals surface area contributed by atoms with Gasteiger partial charge in [-0.05, 0) is 51.2 Å². The number of hydrogen-bond donors (Lipinski definition) is 0. The summed E-state index contributed by atoms with van der Waals surface area (Å²) in [6.45, 7) is 13.2. The SMILES string of the molecule is Cc1cccnc1N1CCN(CC2CCOC(C)(C)C2)CC1. The fraction of sp³-hybridized carbons (Fsp3) is 0.722. The zero-order valence-corrected chi connectivity index (χ0v) is 14.2. The maximum atomic E-state index is 5.84. The molecule has 2 aliphatic heterocycles. The van der Waals surface area contributed by atoms with E-state index in [0.717, 1.165) is 44.5 Å². The Morgan fingerprint density at radius 1 is 1.27 bits per heavy atom. The number of anilines is 1. The monoisotopic (exact) mass is 303 g/mol. The van der Waals surface area contributed by atoms with Gasteiger partial charge in [0.05, 0.1) is 5.60 Å². The van der Waals surface area contributed by atoms with E-state index >= 15 is 0 Å². The van der Waals surface area contributed by atoms with Gasteiger partial charge < -0.3 is 9.64 Å². The molecule has 2 saturated heterocycles. The Bertz CT molecular complexity index is 495. The molecule has 1 aromatic rings. The number of ether oxygens (including phenoxy) is 1. The predicted molar refractivity (Wildman–Crippen MR) is 90.4 cm³/mol. The molecule has 0 spiro atoms. The fourth-order valence-corrected chi connectivity index (χ4v) is 3.83. The minimum absolute atomic E-state index is 0.0653. The largest absolute Gasteiger partial charge is 0.376 e. The third-order valence-corrected chi connectivity index (χ3v) is 4.97. The second kappa shape index (κ2) is 6.55. The van der Waals surface area contributed by atoms with Crippen LogP contribution in [-0.2, 0) is 4.74 Å². The predicted octanol–water partition coefficient (Wildman–Crippen LogP) is 2.72. The molecule has 1 unspecified atom stereocenters. The number of piperazine rings is 1. The molecule has 4 nitrogen and oxygen atoms in total. The van der Waals surface area contributed by atoms with Gasteiger partial charge in [-0.1, -0.05) is 6.07 Å². The Hall–Kier alpha value is -1.13. The third-order valence-electron chi connectivity index (χ3n) is 4.97. The molecule has 3 rings (SSSR count). The normalized spacial score (nSPS) is 26.1. The van der Waals surface area contributed by atoms with Gasteiger partial charge in [0.2, 0.25) is 0 Å². The van der Waals surface area contributed by atoms with Crippen molar-refractivity contribution in [1.29, 1.82) is 0 Å². The summed E-state index contributed by atoms with van der Waals surface area (Å²) in [5.74, 6) is 1.95. The summed E-state index contributed by atoms with van der Waals surface area (Å²) in [5.41, 5.74) is 1.35. The van der Waals surface area contributed by atoms with Crippen molar-refractivity contribution >= 4 is 5.82 Å². The second-order valence-electron chi connectivity index (χ2n) is 7.40. The zero-order chi connectivity index (χ0) is 15.6. The van der Waals surface area contributed by atoms with Crippen molar-refractivity contribution in [2.75, 3.05) is 44.2 Å². The van der Waals surface area contributed by atoms with Crippen molar-refractivity contribution in [3.8, 4) is 0 Å². The highest BCUT2D eigenvalue weighted by Gasteiger charge is 2.30. The summed E-state index contributed by atoms with van der Waals surface area (Å²) >= 11 is 0. The Morgan fingerprint density at radius 2 is 2.05 bits per heavy atom. The van der Waals surface area contributed by atoms with E-state index < -0.39 is 0 Å². The van der Waals surface area contributed by atoms with E-state index in [1.807, 2.05) is 12.3 Å². The zero-order valence-electron chi connectivity index (χ0n) is 14.2. The van der Waals surface area contributed by atoms with Crippen LogP contribution in [0.15, 0.2) is 18.3 Å². The van der Waals surface area contributed by atoms with Crippen LogP contribution in [0.25, 0.3) is 0 Å². The molecule has 0 saturated carbocycles. The van der Waals surface area contributed by atoms with Crippen LogP contribution in [0.1, 0.15) is 32.3 Å². The van der Waals surface area contributed by atoms with Crippen LogP contribution in [0.5, 0.6) is 0 Å². The maximum Gasteiger partial charge on any atom is 0.131 e. The first kappa shape index (κ1) is 15.8. The van der Waals surface area contributed by atoms with Crippen LogP contribution in [0.2, 0.25) is 0 Å². The molecule has 1 atom stereocenters. The molecule has 0 N–H and O–H groups in total. The van der Waals surface area contributed by atoms with Crippen molar-refractivity contribution in [1.82, 2.24) is 9.88 Å². The molecule has 22 heavy (non-hydrogen) atoms. The van der Waals surface area contributed by atoms with Crippen molar-refractivity contribution < 1.29 is 4.74 Å². The van der Waals surface area contributed by atoms with Gasteiger partial charge in [0.25, 0.3) is 0 Å². The van der Waals surface area contributed by atoms with E-state index in [4.69, 9.17) is 4.74 Å². The minimum atomic E-state index is 0.0653. The smallest absolute Gasteiger partial charge is 0.131 e. The molecular formula is C18H29N3O. The Labute approximate surface area is 134 Å².